The number of carbonyl (C=O) groups excluding carboxylic acids is 3. The Hall–Kier alpha value is -1.85. The number of hydrogen-bond acceptors (Lipinski definition) is 8. The highest BCUT2D eigenvalue weighted by Crippen LogP contribution is 2.13. The van der Waals surface area contributed by atoms with Crippen molar-refractivity contribution in [3.63, 3.8) is 0 Å². The van der Waals surface area contributed by atoms with Crippen molar-refractivity contribution in [3.8, 4) is 12.3 Å². The summed E-state index contributed by atoms with van der Waals surface area (Å²) in [6.45, 7) is 2.87. The van der Waals surface area contributed by atoms with E-state index in [0.717, 1.165) is 24.3 Å². The Bertz CT molecular complexity index is 640. The molecule has 0 aliphatic heterocycles. The van der Waals surface area contributed by atoms with Gasteiger partial charge in [0.05, 0.1) is 19.8 Å². The molecule has 0 heterocycles. The Morgan fingerprint density at radius 1 is 0.706 bits per heavy atom. The number of carbonyl (C=O) groups is 3. The van der Waals surface area contributed by atoms with Gasteiger partial charge in [-0.1, -0.05) is 51.4 Å². The van der Waals surface area contributed by atoms with Gasteiger partial charge >= 0.3 is 17.9 Å². The fraction of sp³-hybridized carbons (Fsp3) is 0.654. The quantitative estimate of drug-likeness (QED) is 0.0570. The number of hydrogen-bond donors (Lipinski definition) is 0. The molecule has 0 fully saturated rings. The van der Waals surface area contributed by atoms with Gasteiger partial charge in [-0.25, -0.2) is 9.59 Å². The Labute approximate surface area is 214 Å². The van der Waals surface area contributed by atoms with Gasteiger partial charge < -0.3 is 14.2 Å². The minimum Gasteiger partial charge on any atom is -0.465 e. The topological polar surface area (TPSA) is 78.9 Å². The predicted octanol–water partition coefficient (Wildman–Crippen LogP) is 6.05. The van der Waals surface area contributed by atoms with Crippen LogP contribution in [-0.2, 0) is 28.6 Å². The van der Waals surface area contributed by atoms with Crippen molar-refractivity contribution in [3.05, 3.63) is 23.0 Å². The van der Waals surface area contributed by atoms with Gasteiger partial charge in [0.25, 0.3) is 0 Å². The summed E-state index contributed by atoms with van der Waals surface area (Å²) in [4.78, 5) is 33.9. The van der Waals surface area contributed by atoms with Crippen molar-refractivity contribution in [2.24, 2.45) is 0 Å². The summed E-state index contributed by atoms with van der Waals surface area (Å²) in [5.74, 6) is 3.17. The van der Waals surface area contributed by atoms with Crippen LogP contribution >= 0.6 is 23.5 Å². The third-order valence-electron chi connectivity index (χ3n) is 4.37. The molecule has 0 rings (SSSR count). The molecule has 0 N–H and O–H groups in total. The minimum atomic E-state index is -0.437. The molecule has 0 aliphatic rings. The first-order valence-corrected chi connectivity index (χ1v) is 14.2. The highest BCUT2D eigenvalue weighted by molar-refractivity contribution is 8.02. The van der Waals surface area contributed by atoms with Crippen LogP contribution < -0.4 is 0 Å². The van der Waals surface area contributed by atoms with E-state index in [1.807, 2.05) is 12.3 Å². The summed E-state index contributed by atoms with van der Waals surface area (Å²) in [6.07, 6.45) is 19.0. The van der Waals surface area contributed by atoms with E-state index < -0.39 is 5.97 Å². The molecule has 0 amide bonds. The largest absolute Gasteiger partial charge is 0.465 e. The fourth-order valence-corrected chi connectivity index (χ4v) is 4.05. The maximum atomic E-state index is 11.6. The number of thioether (sulfide) groups is 2. The van der Waals surface area contributed by atoms with Crippen molar-refractivity contribution in [2.75, 3.05) is 31.3 Å². The van der Waals surface area contributed by atoms with Gasteiger partial charge in [-0.3, -0.25) is 4.79 Å². The second-order valence-electron chi connectivity index (χ2n) is 7.47. The summed E-state index contributed by atoms with van der Waals surface area (Å²) in [7, 11) is 0. The zero-order valence-electron chi connectivity index (χ0n) is 20.5. The Balaban J connectivity index is 3.35. The average Bonchev–Trinajstić information content (AvgIpc) is 2.82. The number of ether oxygens (including phenoxy) is 3. The van der Waals surface area contributed by atoms with Gasteiger partial charge in [0.2, 0.25) is 0 Å². The number of rotatable bonds is 22. The molecule has 8 heteroatoms. The van der Waals surface area contributed by atoms with Crippen LogP contribution in [0.25, 0.3) is 0 Å². The van der Waals surface area contributed by atoms with Gasteiger partial charge in [0.15, 0.2) is 0 Å². The van der Waals surface area contributed by atoms with Gasteiger partial charge in [-0.15, -0.1) is 29.9 Å². The van der Waals surface area contributed by atoms with Gasteiger partial charge in [0, 0.05) is 18.6 Å². The van der Waals surface area contributed by atoms with E-state index in [1.54, 1.807) is 28.9 Å². The monoisotopic (exact) mass is 512 g/mol. The molecule has 0 bridgehead atoms. The SMILES string of the molecule is C#CCC(=O)OCCCOC(=O)/C=C/SCCCCCCCCCCS/C=C/C(=O)OCCC. The Kier molecular flexibility index (Phi) is 24.4. The number of unbranched alkanes of at least 4 members (excludes halogenated alkanes) is 7. The zero-order chi connectivity index (χ0) is 25.1. The Morgan fingerprint density at radius 3 is 1.68 bits per heavy atom. The molecule has 6 nitrogen and oxygen atoms in total. The van der Waals surface area contributed by atoms with Crippen LogP contribution in [0.3, 0.4) is 0 Å². The van der Waals surface area contributed by atoms with Crippen LogP contribution in [0.15, 0.2) is 23.0 Å². The summed E-state index contributed by atoms with van der Waals surface area (Å²) in [5.41, 5.74) is 0. The normalized spacial score (nSPS) is 10.9. The lowest BCUT2D eigenvalue weighted by molar-refractivity contribution is -0.143. The van der Waals surface area contributed by atoms with Crippen molar-refractivity contribution in [2.45, 2.75) is 77.6 Å². The zero-order valence-corrected chi connectivity index (χ0v) is 22.1. The molecule has 0 aromatic rings. The molecule has 0 aromatic heterocycles. The fourth-order valence-electron chi connectivity index (χ4n) is 2.63. The highest BCUT2D eigenvalue weighted by Gasteiger charge is 2.01. The molecule has 192 valence electrons. The third-order valence-corrected chi connectivity index (χ3v) is 6.07. The Morgan fingerprint density at radius 2 is 1.18 bits per heavy atom. The van der Waals surface area contributed by atoms with E-state index in [-0.39, 0.29) is 31.6 Å². The van der Waals surface area contributed by atoms with Gasteiger partial charge in [-0.2, -0.15) is 0 Å². The highest BCUT2D eigenvalue weighted by atomic mass is 32.2. The molecule has 0 aliphatic carbocycles. The predicted molar refractivity (Wildman–Crippen MR) is 141 cm³/mol. The van der Waals surface area contributed by atoms with Gasteiger partial charge in [0.1, 0.15) is 6.42 Å². The van der Waals surface area contributed by atoms with E-state index in [9.17, 15) is 14.4 Å². The van der Waals surface area contributed by atoms with Crippen LogP contribution in [0.2, 0.25) is 0 Å². The van der Waals surface area contributed by atoms with Gasteiger partial charge in [-0.05, 0) is 41.6 Å². The average molecular weight is 513 g/mol. The molecule has 0 spiro atoms. The summed E-state index contributed by atoms with van der Waals surface area (Å²) in [5, 5.41) is 3.61. The van der Waals surface area contributed by atoms with Crippen LogP contribution in [0.5, 0.6) is 0 Å². The second-order valence-corrected chi connectivity index (χ2v) is 9.49. The summed E-state index contributed by atoms with van der Waals surface area (Å²) in [6, 6.07) is 0. The van der Waals surface area contributed by atoms with E-state index in [2.05, 4.69) is 5.92 Å². The molecule has 0 unspecified atom stereocenters. The molecule has 0 aromatic carbocycles. The lowest BCUT2D eigenvalue weighted by Gasteiger charge is -2.03. The molecule has 0 atom stereocenters. The molecule has 0 saturated heterocycles. The molecular weight excluding hydrogens is 472 g/mol. The number of terminal acetylenes is 1. The van der Waals surface area contributed by atoms with Crippen molar-refractivity contribution >= 4 is 41.4 Å². The lowest BCUT2D eigenvalue weighted by atomic mass is 10.1. The lowest BCUT2D eigenvalue weighted by Crippen LogP contribution is -2.08. The van der Waals surface area contributed by atoms with Crippen LogP contribution in [0.1, 0.15) is 77.6 Å². The standard InChI is InChI=1S/C26H40O6S2/c1-3-14-24(27)31-18-13-19-32-26(29)16-23-34-21-12-10-8-6-5-7-9-11-20-33-22-15-25(28)30-17-4-2/h1,15-16,22-23H,4-14,17-21H2,2H3/b22-15+,23-16+. The van der Waals surface area contributed by atoms with Crippen molar-refractivity contribution in [1.29, 1.82) is 0 Å². The van der Waals surface area contributed by atoms with Crippen LogP contribution in [-0.4, -0.2) is 49.2 Å². The van der Waals surface area contributed by atoms with E-state index >= 15 is 0 Å². The molecule has 0 radical (unpaired) electrons. The number of esters is 3. The van der Waals surface area contributed by atoms with Crippen LogP contribution in [0.4, 0.5) is 0 Å². The van der Waals surface area contributed by atoms with Crippen molar-refractivity contribution in [1.82, 2.24) is 0 Å². The first-order valence-electron chi connectivity index (χ1n) is 12.1. The second kappa shape index (κ2) is 25.8. The molecule has 0 saturated carbocycles. The summed E-state index contributed by atoms with van der Waals surface area (Å²) >= 11 is 3.28. The molecule has 34 heavy (non-hydrogen) atoms. The van der Waals surface area contributed by atoms with E-state index in [4.69, 9.17) is 20.6 Å². The first kappa shape index (κ1) is 32.1. The minimum absolute atomic E-state index is 0.0425. The summed E-state index contributed by atoms with van der Waals surface area (Å²) < 4.78 is 14.9. The molecular formula is C26H40O6S2. The van der Waals surface area contributed by atoms with Crippen molar-refractivity contribution < 1.29 is 28.6 Å². The maximum absolute atomic E-state index is 11.6. The smallest absolute Gasteiger partial charge is 0.331 e. The maximum Gasteiger partial charge on any atom is 0.331 e. The van der Waals surface area contributed by atoms with E-state index in [1.165, 1.54) is 57.1 Å². The third kappa shape index (κ3) is 24.8. The van der Waals surface area contributed by atoms with Crippen LogP contribution in [0, 0.1) is 12.3 Å². The van der Waals surface area contributed by atoms with E-state index in [0.29, 0.717) is 13.0 Å². The first-order chi connectivity index (χ1) is 16.6.